The summed E-state index contributed by atoms with van der Waals surface area (Å²) in [5.74, 6) is 0.908. The third-order valence-electron chi connectivity index (χ3n) is 5.56. The average molecular weight is 282 g/mol. The lowest BCUT2D eigenvalue weighted by Gasteiger charge is -2.46. The van der Waals surface area contributed by atoms with E-state index >= 15 is 0 Å². The van der Waals surface area contributed by atoms with Crippen molar-refractivity contribution in [2.45, 2.75) is 69.4 Å². The number of nitrogens with one attached hydrogen (secondary N) is 1. The molecule has 1 aromatic carbocycles. The molecule has 0 amide bonds. The lowest BCUT2D eigenvalue weighted by Crippen LogP contribution is -2.54. The summed E-state index contributed by atoms with van der Waals surface area (Å²) in [5, 5.41) is 13.4. The van der Waals surface area contributed by atoms with Crippen LogP contribution in [0.4, 0.5) is 0 Å². The molecule has 2 saturated carbocycles. The molecule has 0 spiro atoms. The van der Waals surface area contributed by atoms with Crippen LogP contribution in [-0.4, -0.2) is 12.1 Å². The van der Waals surface area contributed by atoms with E-state index in [9.17, 15) is 5.26 Å². The fourth-order valence-corrected chi connectivity index (χ4v) is 4.19. The molecule has 21 heavy (non-hydrogen) atoms. The Kier molecular flexibility index (Phi) is 4.31. The average Bonchev–Trinajstić information content (AvgIpc) is 2.51. The van der Waals surface area contributed by atoms with E-state index < -0.39 is 0 Å². The summed E-state index contributed by atoms with van der Waals surface area (Å²) in [5.41, 5.74) is 0.957. The predicted octanol–water partition coefficient (Wildman–Crippen LogP) is 4.17. The first kappa shape index (κ1) is 14.6. The first-order valence-corrected chi connectivity index (χ1v) is 8.48. The maximum absolute atomic E-state index is 9.62. The second-order valence-corrected chi connectivity index (χ2v) is 6.97. The van der Waals surface area contributed by atoms with Gasteiger partial charge in [0.05, 0.1) is 11.5 Å². The summed E-state index contributed by atoms with van der Waals surface area (Å²) in [6.07, 6.45) is 8.68. The maximum atomic E-state index is 9.62. The molecule has 112 valence electrons. The summed E-state index contributed by atoms with van der Waals surface area (Å²) in [6, 6.07) is 14.1. The normalized spacial score (nSPS) is 35.7. The van der Waals surface area contributed by atoms with Gasteiger partial charge in [-0.3, -0.25) is 0 Å². The SMILES string of the molecule is CCC1CCCC(NC2CC(C#N)(c3ccccc3)C2)C1. The van der Waals surface area contributed by atoms with Crippen molar-refractivity contribution in [2.75, 3.05) is 0 Å². The van der Waals surface area contributed by atoms with Crippen LogP contribution in [0.1, 0.15) is 57.4 Å². The smallest absolute Gasteiger partial charge is 0.0852 e. The summed E-state index contributed by atoms with van der Waals surface area (Å²) < 4.78 is 0. The molecule has 0 saturated heterocycles. The van der Waals surface area contributed by atoms with Gasteiger partial charge in [0.1, 0.15) is 0 Å². The quantitative estimate of drug-likeness (QED) is 0.899. The molecule has 3 rings (SSSR count). The third-order valence-corrected chi connectivity index (χ3v) is 5.56. The van der Waals surface area contributed by atoms with Crippen LogP contribution >= 0.6 is 0 Å². The van der Waals surface area contributed by atoms with E-state index in [1.54, 1.807) is 0 Å². The highest BCUT2D eigenvalue weighted by molar-refractivity contribution is 5.36. The monoisotopic (exact) mass is 282 g/mol. The molecule has 2 nitrogen and oxygen atoms in total. The molecule has 2 aliphatic carbocycles. The largest absolute Gasteiger partial charge is 0.311 e. The van der Waals surface area contributed by atoms with Gasteiger partial charge in [0.25, 0.3) is 0 Å². The van der Waals surface area contributed by atoms with Crippen molar-refractivity contribution in [2.24, 2.45) is 5.92 Å². The van der Waals surface area contributed by atoms with Crippen molar-refractivity contribution in [3.8, 4) is 6.07 Å². The van der Waals surface area contributed by atoms with Gasteiger partial charge in [-0.25, -0.2) is 0 Å². The van der Waals surface area contributed by atoms with E-state index in [1.807, 2.05) is 18.2 Å². The second kappa shape index (κ2) is 6.20. The molecule has 2 atom stereocenters. The Morgan fingerprint density at radius 2 is 1.95 bits per heavy atom. The van der Waals surface area contributed by atoms with Gasteiger partial charge in [-0.15, -0.1) is 0 Å². The molecule has 1 N–H and O–H groups in total. The number of nitriles is 1. The fourth-order valence-electron chi connectivity index (χ4n) is 4.19. The zero-order valence-corrected chi connectivity index (χ0v) is 13.0. The minimum Gasteiger partial charge on any atom is -0.311 e. The van der Waals surface area contributed by atoms with E-state index in [0.29, 0.717) is 12.1 Å². The lowest BCUT2D eigenvalue weighted by atomic mass is 9.62. The summed E-state index contributed by atoms with van der Waals surface area (Å²) in [6.45, 7) is 2.31. The number of hydrogen-bond donors (Lipinski definition) is 1. The fraction of sp³-hybridized carbons (Fsp3) is 0.632. The molecule has 0 heterocycles. The van der Waals surface area contributed by atoms with Crippen LogP contribution in [0, 0.1) is 17.2 Å². The van der Waals surface area contributed by atoms with E-state index in [4.69, 9.17) is 0 Å². The highest BCUT2D eigenvalue weighted by Gasteiger charge is 2.46. The Balaban J connectivity index is 1.56. The molecule has 0 radical (unpaired) electrons. The maximum Gasteiger partial charge on any atom is 0.0852 e. The first-order valence-electron chi connectivity index (χ1n) is 8.48. The summed E-state index contributed by atoms with van der Waals surface area (Å²) >= 11 is 0. The molecule has 2 aliphatic rings. The zero-order valence-electron chi connectivity index (χ0n) is 13.0. The molecule has 0 aromatic heterocycles. The van der Waals surface area contributed by atoms with Gasteiger partial charge in [0.15, 0.2) is 0 Å². The summed E-state index contributed by atoms with van der Waals surface area (Å²) in [7, 11) is 0. The van der Waals surface area contributed by atoms with Crippen LogP contribution in [0.25, 0.3) is 0 Å². The number of hydrogen-bond acceptors (Lipinski definition) is 2. The van der Waals surface area contributed by atoms with Gasteiger partial charge in [0, 0.05) is 12.1 Å². The Bertz CT molecular complexity index is 496. The van der Waals surface area contributed by atoms with Gasteiger partial charge in [-0.1, -0.05) is 56.5 Å². The van der Waals surface area contributed by atoms with E-state index in [-0.39, 0.29) is 5.41 Å². The summed E-state index contributed by atoms with van der Waals surface area (Å²) in [4.78, 5) is 0. The molecule has 2 unspecified atom stereocenters. The lowest BCUT2D eigenvalue weighted by molar-refractivity contribution is 0.177. The topological polar surface area (TPSA) is 35.8 Å². The first-order chi connectivity index (χ1) is 10.3. The van der Waals surface area contributed by atoms with Gasteiger partial charge >= 0.3 is 0 Å². The highest BCUT2D eigenvalue weighted by atomic mass is 15.0. The second-order valence-electron chi connectivity index (χ2n) is 6.97. The molecular formula is C19H26N2. The molecule has 0 bridgehead atoms. The van der Waals surface area contributed by atoms with Crippen LogP contribution in [0.3, 0.4) is 0 Å². The van der Waals surface area contributed by atoms with Gasteiger partial charge in [0.2, 0.25) is 0 Å². The third kappa shape index (κ3) is 2.99. The van der Waals surface area contributed by atoms with Crippen molar-refractivity contribution in [3.05, 3.63) is 35.9 Å². The Hall–Kier alpha value is -1.33. The molecule has 0 aliphatic heterocycles. The van der Waals surface area contributed by atoms with Gasteiger partial charge in [-0.05, 0) is 37.2 Å². The minimum absolute atomic E-state index is 0.238. The van der Waals surface area contributed by atoms with Crippen LogP contribution in [0.5, 0.6) is 0 Å². The predicted molar refractivity (Wildman–Crippen MR) is 85.9 cm³/mol. The van der Waals surface area contributed by atoms with E-state index in [1.165, 1.54) is 37.7 Å². The zero-order chi connectivity index (χ0) is 14.7. The van der Waals surface area contributed by atoms with E-state index in [2.05, 4.69) is 30.4 Å². The highest BCUT2D eigenvalue weighted by Crippen LogP contribution is 2.44. The van der Waals surface area contributed by atoms with Crippen LogP contribution in [-0.2, 0) is 5.41 Å². The van der Waals surface area contributed by atoms with Crippen molar-refractivity contribution in [1.29, 1.82) is 5.26 Å². The van der Waals surface area contributed by atoms with Gasteiger partial charge < -0.3 is 5.32 Å². The van der Waals surface area contributed by atoms with Crippen molar-refractivity contribution >= 4 is 0 Å². The Labute approximate surface area is 128 Å². The number of benzene rings is 1. The molecule has 2 fully saturated rings. The van der Waals surface area contributed by atoms with Crippen molar-refractivity contribution in [3.63, 3.8) is 0 Å². The van der Waals surface area contributed by atoms with Gasteiger partial charge in [-0.2, -0.15) is 5.26 Å². The number of nitrogens with zero attached hydrogens (tertiary/aromatic N) is 1. The van der Waals surface area contributed by atoms with Crippen molar-refractivity contribution in [1.82, 2.24) is 5.32 Å². The Morgan fingerprint density at radius 3 is 2.62 bits per heavy atom. The molecule has 1 aromatic rings. The molecule has 2 heteroatoms. The van der Waals surface area contributed by atoms with E-state index in [0.717, 1.165) is 18.8 Å². The number of rotatable bonds is 4. The molecular weight excluding hydrogens is 256 g/mol. The standard InChI is InChI=1S/C19H26N2/c1-2-15-7-6-10-17(11-15)21-18-12-19(13-18,14-20)16-8-4-3-5-9-16/h3-5,8-9,15,17-18,21H,2,6-7,10-13H2,1H3. The minimum atomic E-state index is -0.238. The van der Waals surface area contributed by atoms with Crippen LogP contribution < -0.4 is 5.32 Å². The Morgan fingerprint density at radius 1 is 1.19 bits per heavy atom. The van der Waals surface area contributed by atoms with Crippen LogP contribution in [0.2, 0.25) is 0 Å². The van der Waals surface area contributed by atoms with Crippen LogP contribution in [0.15, 0.2) is 30.3 Å². The van der Waals surface area contributed by atoms with Crippen molar-refractivity contribution < 1.29 is 0 Å².